The third-order valence-electron chi connectivity index (χ3n) is 6.58. The van der Waals surface area contributed by atoms with Crippen LogP contribution in [0.5, 0.6) is 5.75 Å². The third-order valence-corrected chi connectivity index (χ3v) is 6.58. The van der Waals surface area contributed by atoms with Gasteiger partial charge in [-0.05, 0) is 81.5 Å². The van der Waals surface area contributed by atoms with Crippen LogP contribution in [0.1, 0.15) is 34.7 Å². The maximum Gasteiger partial charge on any atom is 0.295 e. The monoisotopic (exact) mass is 529 g/mol. The molecule has 0 saturated carbocycles. The Labute approximate surface area is 227 Å². The van der Waals surface area contributed by atoms with Crippen molar-refractivity contribution < 1.29 is 24.4 Å². The van der Waals surface area contributed by atoms with Crippen molar-refractivity contribution in [3.05, 3.63) is 111 Å². The molecule has 0 radical (unpaired) electrons. The normalized spacial score (nSPS) is 16.6. The number of amides is 1. The van der Waals surface area contributed by atoms with Gasteiger partial charge in [0.25, 0.3) is 17.4 Å². The van der Waals surface area contributed by atoms with E-state index < -0.39 is 22.7 Å². The molecule has 39 heavy (non-hydrogen) atoms. The van der Waals surface area contributed by atoms with Crippen LogP contribution in [0.15, 0.2) is 78.4 Å². The number of aliphatic hydroxyl groups excluding tert-OH is 1. The Hall–Kier alpha value is -4.50. The number of non-ortho nitro benzene ring substituents is 1. The van der Waals surface area contributed by atoms with Gasteiger partial charge in [0.05, 0.1) is 16.5 Å². The molecule has 1 aliphatic rings. The number of rotatable bonds is 10. The number of likely N-dealkylation sites (tertiary alicyclic amines) is 1. The summed E-state index contributed by atoms with van der Waals surface area (Å²) in [7, 11) is 3.83. The molecule has 3 aromatic carbocycles. The summed E-state index contributed by atoms with van der Waals surface area (Å²) in [5.41, 5.74) is 2.87. The molecule has 0 spiro atoms. The first-order valence-electron chi connectivity index (χ1n) is 12.6. The van der Waals surface area contributed by atoms with Crippen molar-refractivity contribution in [2.45, 2.75) is 26.0 Å². The molecular weight excluding hydrogens is 498 g/mol. The molecule has 4 rings (SSSR count). The smallest absolute Gasteiger partial charge is 0.295 e. The molecule has 9 heteroatoms. The summed E-state index contributed by atoms with van der Waals surface area (Å²) in [5.74, 6) is -1.22. The summed E-state index contributed by atoms with van der Waals surface area (Å²) < 4.78 is 5.86. The second-order valence-electron chi connectivity index (χ2n) is 9.80. The number of ether oxygens (including phenoxy) is 1. The van der Waals surface area contributed by atoms with Gasteiger partial charge in [0, 0.05) is 24.2 Å². The molecule has 1 unspecified atom stereocenters. The number of hydrogen-bond acceptors (Lipinski definition) is 7. The summed E-state index contributed by atoms with van der Waals surface area (Å²) in [6, 6.07) is 19.5. The highest BCUT2D eigenvalue weighted by atomic mass is 16.6. The second-order valence-corrected chi connectivity index (χ2v) is 9.80. The van der Waals surface area contributed by atoms with E-state index in [0.717, 1.165) is 11.1 Å². The number of nitrogens with zero attached hydrogens (tertiary/aromatic N) is 3. The highest BCUT2D eigenvalue weighted by Gasteiger charge is 2.45. The average Bonchev–Trinajstić information content (AvgIpc) is 3.17. The molecule has 1 fully saturated rings. The molecule has 1 aliphatic heterocycles. The van der Waals surface area contributed by atoms with Crippen molar-refractivity contribution in [2.75, 3.05) is 27.2 Å². The maximum absolute atomic E-state index is 13.2. The van der Waals surface area contributed by atoms with E-state index in [1.165, 1.54) is 29.2 Å². The molecule has 0 bridgehead atoms. The summed E-state index contributed by atoms with van der Waals surface area (Å²) >= 11 is 0. The number of ketones is 1. The fraction of sp³-hybridized carbons (Fsp3) is 0.267. The SMILES string of the molecule is Cc1cccc(COc2ccc(/C(O)=C3/C(=O)C(=O)N(CCCN(C)C)C3c3ccc([N+](=O)[O-])cc3)cc2)c1. The number of nitro benzene ring substituents is 1. The molecule has 1 amide bonds. The number of nitro groups is 1. The Kier molecular flexibility index (Phi) is 8.41. The predicted octanol–water partition coefficient (Wildman–Crippen LogP) is 4.86. The van der Waals surface area contributed by atoms with Crippen LogP contribution in [0, 0.1) is 17.0 Å². The number of benzene rings is 3. The average molecular weight is 530 g/mol. The number of carbonyl (C=O) groups is 2. The van der Waals surface area contributed by atoms with Crippen LogP contribution in [0.4, 0.5) is 5.69 Å². The lowest BCUT2D eigenvalue weighted by molar-refractivity contribution is -0.384. The fourth-order valence-electron chi connectivity index (χ4n) is 4.63. The number of aryl methyl sites for hydroxylation is 1. The Morgan fingerprint density at radius 1 is 1.05 bits per heavy atom. The van der Waals surface area contributed by atoms with Crippen LogP contribution in [-0.2, 0) is 16.2 Å². The number of carbonyl (C=O) groups excluding carboxylic acids is 2. The predicted molar refractivity (Wildman–Crippen MR) is 147 cm³/mol. The largest absolute Gasteiger partial charge is 0.507 e. The van der Waals surface area contributed by atoms with Gasteiger partial charge in [0.1, 0.15) is 18.1 Å². The van der Waals surface area contributed by atoms with E-state index in [2.05, 4.69) is 0 Å². The van der Waals surface area contributed by atoms with Crippen molar-refractivity contribution in [1.82, 2.24) is 9.80 Å². The van der Waals surface area contributed by atoms with Crippen molar-refractivity contribution >= 4 is 23.1 Å². The molecule has 1 saturated heterocycles. The quantitative estimate of drug-likeness (QED) is 0.131. The first kappa shape index (κ1) is 27.5. The molecule has 9 nitrogen and oxygen atoms in total. The molecule has 202 valence electrons. The number of aliphatic hydroxyl groups is 1. The minimum Gasteiger partial charge on any atom is -0.507 e. The molecule has 1 atom stereocenters. The Balaban J connectivity index is 1.64. The Morgan fingerprint density at radius 2 is 1.74 bits per heavy atom. The first-order chi connectivity index (χ1) is 18.7. The van der Waals surface area contributed by atoms with E-state index in [9.17, 15) is 24.8 Å². The Bertz CT molecular complexity index is 1400. The lowest BCUT2D eigenvalue weighted by Gasteiger charge is -2.26. The van der Waals surface area contributed by atoms with E-state index in [1.807, 2.05) is 50.2 Å². The topological polar surface area (TPSA) is 113 Å². The van der Waals surface area contributed by atoms with Gasteiger partial charge in [-0.15, -0.1) is 0 Å². The van der Waals surface area contributed by atoms with Crippen LogP contribution in [-0.4, -0.2) is 58.7 Å². The lowest BCUT2D eigenvalue weighted by Crippen LogP contribution is -2.32. The van der Waals surface area contributed by atoms with Crippen molar-refractivity contribution in [2.24, 2.45) is 0 Å². The summed E-state index contributed by atoms with van der Waals surface area (Å²) in [4.78, 5) is 40.3. The van der Waals surface area contributed by atoms with Gasteiger partial charge >= 0.3 is 0 Å². The molecule has 1 N–H and O–H groups in total. The number of Topliss-reactive ketones (excluding diaryl/α,β-unsaturated/α-hetero) is 1. The number of hydrogen-bond donors (Lipinski definition) is 1. The van der Waals surface area contributed by atoms with E-state index in [1.54, 1.807) is 24.3 Å². The van der Waals surface area contributed by atoms with Crippen LogP contribution in [0.25, 0.3) is 5.76 Å². The van der Waals surface area contributed by atoms with Gasteiger partial charge in [0.15, 0.2) is 0 Å². The zero-order chi connectivity index (χ0) is 28.1. The highest BCUT2D eigenvalue weighted by Crippen LogP contribution is 2.40. The molecule has 3 aromatic rings. The Morgan fingerprint density at radius 3 is 2.36 bits per heavy atom. The van der Waals surface area contributed by atoms with Gasteiger partial charge in [-0.1, -0.05) is 29.8 Å². The third kappa shape index (κ3) is 6.32. The lowest BCUT2D eigenvalue weighted by atomic mass is 9.95. The van der Waals surface area contributed by atoms with E-state index in [-0.39, 0.29) is 23.6 Å². The van der Waals surface area contributed by atoms with Gasteiger partial charge < -0.3 is 19.6 Å². The fourth-order valence-corrected chi connectivity index (χ4v) is 4.63. The standard InChI is InChI=1S/C30H31N3O6/c1-20-6-4-7-21(18-20)19-39-25-14-10-23(11-15-25)28(34)26-27(22-8-12-24(13-9-22)33(37)38)32(30(36)29(26)35)17-5-16-31(2)3/h4,6-15,18,27,34H,5,16-17,19H2,1-3H3/b28-26-. The molecule has 0 aliphatic carbocycles. The van der Waals surface area contributed by atoms with Crippen molar-refractivity contribution in [1.29, 1.82) is 0 Å². The van der Waals surface area contributed by atoms with E-state index in [0.29, 0.717) is 36.4 Å². The zero-order valence-corrected chi connectivity index (χ0v) is 22.2. The van der Waals surface area contributed by atoms with E-state index >= 15 is 0 Å². The van der Waals surface area contributed by atoms with Gasteiger partial charge in [0.2, 0.25) is 0 Å². The van der Waals surface area contributed by atoms with Crippen molar-refractivity contribution in [3.63, 3.8) is 0 Å². The molecular formula is C30H31N3O6. The molecule has 0 aromatic heterocycles. The minimum absolute atomic E-state index is 0.0489. The van der Waals surface area contributed by atoms with Crippen LogP contribution < -0.4 is 4.74 Å². The highest BCUT2D eigenvalue weighted by molar-refractivity contribution is 6.46. The zero-order valence-electron chi connectivity index (χ0n) is 22.2. The first-order valence-corrected chi connectivity index (χ1v) is 12.6. The van der Waals surface area contributed by atoms with Gasteiger partial charge in [-0.3, -0.25) is 19.7 Å². The van der Waals surface area contributed by atoms with Crippen molar-refractivity contribution in [3.8, 4) is 5.75 Å². The summed E-state index contributed by atoms with van der Waals surface area (Å²) in [6.45, 7) is 3.37. The maximum atomic E-state index is 13.2. The second kappa shape index (κ2) is 11.9. The van der Waals surface area contributed by atoms with Gasteiger partial charge in [-0.2, -0.15) is 0 Å². The van der Waals surface area contributed by atoms with Gasteiger partial charge in [-0.25, -0.2) is 0 Å². The molecule has 1 heterocycles. The van der Waals surface area contributed by atoms with Crippen LogP contribution in [0.2, 0.25) is 0 Å². The van der Waals surface area contributed by atoms with Crippen LogP contribution in [0.3, 0.4) is 0 Å². The summed E-state index contributed by atoms with van der Waals surface area (Å²) in [6.07, 6.45) is 0.608. The van der Waals surface area contributed by atoms with E-state index in [4.69, 9.17) is 4.74 Å². The van der Waals surface area contributed by atoms with Crippen LogP contribution >= 0.6 is 0 Å². The minimum atomic E-state index is -0.870. The summed E-state index contributed by atoms with van der Waals surface area (Å²) in [5, 5.41) is 22.4.